The molecule has 2 N–H and O–H groups in total. The van der Waals surface area contributed by atoms with Crippen LogP contribution >= 0.6 is 0 Å². The molecule has 1 aliphatic heterocycles. The van der Waals surface area contributed by atoms with Crippen LogP contribution in [0, 0.1) is 0 Å². The lowest BCUT2D eigenvalue weighted by Crippen LogP contribution is -2.46. The summed E-state index contributed by atoms with van der Waals surface area (Å²) in [5.74, 6) is 0.911. The van der Waals surface area contributed by atoms with Gasteiger partial charge in [-0.15, -0.1) is 0 Å². The summed E-state index contributed by atoms with van der Waals surface area (Å²) in [7, 11) is 0. The number of aromatic nitrogens is 2. The van der Waals surface area contributed by atoms with Crippen LogP contribution in [0.1, 0.15) is 63.8 Å². The number of hydrogen-bond donors (Lipinski definition) is 2. The zero-order valence-electron chi connectivity index (χ0n) is 15.9. The fraction of sp³-hybridized carbons (Fsp3) is 0.789. The number of ether oxygens (including phenoxy) is 1. The standard InChI is InChI=1S/C19H33N5O/c1-4-20-19(21-12-17-7-5-6-10-25-17)22-16-9-8-15-13-24(14(2)3)23-18(15)11-16/h13-14,16-17H,4-12H2,1-3H3,(H2,20,21,22). The van der Waals surface area contributed by atoms with Gasteiger partial charge in [-0.05, 0) is 58.4 Å². The molecule has 6 heteroatoms. The van der Waals surface area contributed by atoms with Crippen molar-refractivity contribution in [2.75, 3.05) is 19.7 Å². The van der Waals surface area contributed by atoms with E-state index < -0.39 is 0 Å². The Balaban J connectivity index is 1.58. The third kappa shape index (κ3) is 4.97. The molecule has 2 atom stereocenters. The molecule has 0 aromatic carbocycles. The summed E-state index contributed by atoms with van der Waals surface area (Å²) in [5.41, 5.74) is 2.65. The topological polar surface area (TPSA) is 63.5 Å². The zero-order valence-corrected chi connectivity index (χ0v) is 15.9. The lowest BCUT2D eigenvalue weighted by atomic mass is 9.94. The molecular weight excluding hydrogens is 314 g/mol. The minimum absolute atomic E-state index is 0.281. The highest BCUT2D eigenvalue weighted by Gasteiger charge is 2.23. The van der Waals surface area contributed by atoms with Crippen LogP contribution in [0.2, 0.25) is 0 Å². The van der Waals surface area contributed by atoms with Crippen LogP contribution in [0.25, 0.3) is 0 Å². The summed E-state index contributed by atoms with van der Waals surface area (Å²) in [6.07, 6.45) is 9.26. The number of nitrogens with zero attached hydrogens (tertiary/aromatic N) is 3. The maximum absolute atomic E-state index is 5.79. The molecule has 2 unspecified atom stereocenters. The highest BCUT2D eigenvalue weighted by atomic mass is 16.5. The Morgan fingerprint density at radius 3 is 3.00 bits per heavy atom. The first-order valence-corrected chi connectivity index (χ1v) is 9.89. The third-order valence-corrected chi connectivity index (χ3v) is 5.04. The van der Waals surface area contributed by atoms with Crippen molar-refractivity contribution < 1.29 is 4.74 Å². The number of hydrogen-bond acceptors (Lipinski definition) is 3. The number of aryl methyl sites for hydroxylation is 1. The van der Waals surface area contributed by atoms with Crippen molar-refractivity contribution in [3.63, 3.8) is 0 Å². The maximum Gasteiger partial charge on any atom is 0.191 e. The lowest BCUT2D eigenvalue weighted by Gasteiger charge is -2.25. The molecule has 1 fully saturated rings. The van der Waals surface area contributed by atoms with Gasteiger partial charge in [0.2, 0.25) is 0 Å². The minimum Gasteiger partial charge on any atom is -0.376 e. The molecule has 1 aromatic rings. The van der Waals surface area contributed by atoms with Crippen LogP contribution in [0.3, 0.4) is 0 Å². The first-order chi connectivity index (χ1) is 12.2. The molecule has 1 aromatic heterocycles. The van der Waals surface area contributed by atoms with Gasteiger partial charge in [-0.25, -0.2) is 0 Å². The number of fused-ring (bicyclic) bond motifs is 1. The summed E-state index contributed by atoms with van der Waals surface area (Å²) < 4.78 is 7.88. The largest absolute Gasteiger partial charge is 0.376 e. The van der Waals surface area contributed by atoms with Gasteiger partial charge < -0.3 is 15.4 Å². The molecule has 6 nitrogen and oxygen atoms in total. The molecule has 3 rings (SSSR count). The van der Waals surface area contributed by atoms with E-state index in [1.54, 1.807) is 0 Å². The Hall–Kier alpha value is -1.56. The molecule has 0 amide bonds. The fourth-order valence-corrected chi connectivity index (χ4v) is 3.56. The Labute approximate surface area is 151 Å². The zero-order chi connectivity index (χ0) is 17.6. The molecular formula is C19H33N5O. The Morgan fingerprint density at radius 1 is 1.40 bits per heavy atom. The van der Waals surface area contributed by atoms with Crippen molar-refractivity contribution in [1.82, 2.24) is 20.4 Å². The van der Waals surface area contributed by atoms with Crippen LogP contribution in [0.5, 0.6) is 0 Å². The smallest absolute Gasteiger partial charge is 0.191 e. The van der Waals surface area contributed by atoms with Crippen molar-refractivity contribution in [3.05, 3.63) is 17.5 Å². The van der Waals surface area contributed by atoms with Gasteiger partial charge in [-0.1, -0.05) is 0 Å². The summed E-state index contributed by atoms with van der Waals surface area (Å²) >= 11 is 0. The monoisotopic (exact) mass is 347 g/mol. The van der Waals surface area contributed by atoms with Crippen LogP contribution in [0.15, 0.2) is 11.2 Å². The van der Waals surface area contributed by atoms with Crippen molar-refractivity contribution in [3.8, 4) is 0 Å². The van der Waals surface area contributed by atoms with E-state index in [-0.39, 0.29) is 6.10 Å². The molecule has 0 radical (unpaired) electrons. The van der Waals surface area contributed by atoms with Crippen LogP contribution in [0.4, 0.5) is 0 Å². The lowest BCUT2D eigenvalue weighted by molar-refractivity contribution is 0.0224. The maximum atomic E-state index is 5.79. The van der Waals surface area contributed by atoms with Crippen LogP contribution in [-0.2, 0) is 17.6 Å². The molecule has 2 heterocycles. The van der Waals surface area contributed by atoms with E-state index in [0.717, 1.165) is 51.3 Å². The second-order valence-corrected chi connectivity index (χ2v) is 7.47. The van der Waals surface area contributed by atoms with Gasteiger partial charge in [-0.2, -0.15) is 5.10 Å². The SMILES string of the molecule is CCNC(=NCC1CCCCO1)NC1CCc2cn(C(C)C)nc2C1. The number of nitrogens with one attached hydrogen (secondary N) is 2. The summed E-state index contributed by atoms with van der Waals surface area (Å²) in [4.78, 5) is 4.76. The quantitative estimate of drug-likeness (QED) is 0.634. The average molecular weight is 348 g/mol. The minimum atomic E-state index is 0.281. The van der Waals surface area contributed by atoms with E-state index in [2.05, 4.69) is 42.3 Å². The predicted molar refractivity (Wildman–Crippen MR) is 101 cm³/mol. The highest BCUT2D eigenvalue weighted by molar-refractivity contribution is 5.80. The third-order valence-electron chi connectivity index (χ3n) is 5.04. The first kappa shape index (κ1) is 18.2. The molecule has 0 saturated carbocycles. The van der Waals surface area contributed by atoms with E-state index in [4.69, 9.17) is 14.8 Å². The van der Waals surface area contributed by atoms with E-state index in [1.165, 1.54) is 24.1 Å². The van der Waals surface area contributed by atoms with Gasteiger partial charge >= 0.3 is 0 Å². The normalized spacial score (nSPS) is 24.2. The van der Waals surface area contributed by atoms with E-state index in [1.807, 2.05) is 0 Å². The summed E-state index contributed by atoms with van der Waals surface area (Å²) in [6, 6.07) is 0.819. The van der Waals surface area contributed by atoms with E-state index in [0.29, 0.717) is 12.1 Å². The van der Waals surface area contributed by atoms with Gasteiger partial charge in [0, 0.05) is 37.9 Å². The molecule has 0 bridgehead atoms. The summed E-state index contributed by atoms with van der Waals surface area (Å²) in [5, 5.41) is 11.8. The Morgan fingerprint density at radius 2 is 2.28 bits per heavy atom. The van der Waals surface area contributed by atoms with Crippen molar-refractivity contribution in [1.29, 1.82) is 0 Å². The van der Waals surface area contributed by atoms with Crippen LogP contribution in [-0.4, -0.2) is 47.6 Å². The van der Waals surface area contributed by atoms with E-state index in [9.17, 15) is 0 Å². The predicted octanol–water partition coefficient (Wildman–Crippen LogP) is 2.45. The first-order valence-electron chi connectivity index (χ1n) is 9.89. The van der Waals surface area contributed by atoms with Gasteiger partial charge in [0.05, 0.1) is 18.3 Å². The summed E-state index contributed by atoms with van der Waals surface area (Å²) in [6.45, 7) is 8.97. The van der Waals surface area contributed by atoms with Gasteiger partial charge in [-0.3, -0.25) is 9.67 Å². The molecule has 2 aliphatic rings. The molecule has 0 spiro atoms. The second kappa shape index (κ2) is 8.70. The molecule has 1 saturated heterocycles. The van der Waals surface area contributed by atoms with Crippen molar-refractivity contribution in [2.45, 2.75) is 77.5 Å². The van der Waals surface area contributed by atoms with Gasteiger partial charge in [0.15, 0.2) is 5.96 Å². The van der Waals surface area contributed by atoms with Crippen LogP contribution < -0.4 is 10.6 Å². The average Bonchev–Trinajstić information content (AvgIpc) is 3.04. The van der Waals surface area contributed by atoms with E-state index >= 15 is 0 Å². The molecule has 1 aliphatic carbocycles. The van der Waals surface area contributed by atoms with Gasteiger partial charge in [0.1, 0.15) is 0 Å². The number of aliphatic imine (C=N–C) groups is 1. The number of guanidine groups is 1. The van der Waals surface area contributed by atoms with Crippen molar-refractivity contribution in [2.24, 2.45) is 4.99 Å². The highest BCUT2D eigenvalue weighted by Crippen LogP contribution is 2.21. The Kier molecular flexibility index (Phi) is 6.34. The molecule has 140 valence electrons. The molecule has 25 heavy (non-hydrogen) atoms. The number of rotatable bonds is 5. The fourth-order valence-electron chi connectivity index (χ4n) is 3.56. The Bertz CT molecular complexity index is 574. The second-order valence-electron chi connectivity index (χ2n) is 7.47. The van der Waals surface area contributed by atoms with Gasteiger partial charge in [0.25, 0.3) is 0 Å². The van der Waals surface area contributed by atoms with Crippen molar-refractivity contribution >= 4 is 5.96 Å².